The summed E-state index contributed by atoms with van der Waals surface area (Å²) in [5, 5.41) is 3.31. The zero-order valence-corrected chi connectivity index (χ0v) is 13.2. The Morgan fingerprint density at radius 1 is 1.29 bits per heavy atom. The van der Waals surface area contributed by atoms with Gasteiger partial charge in [-0.3, -0.25) is 0 Å². The summed E-state index contributed by atoms with van der Waals surface area (Å²) in [5.74, 6) is -0.173. The van der Waals surface area contributed by atoms with Crippen LogP contribution in [0.1, 0.15) is 11.8 Å². The standard InChI is InChI=1S/C17H20FNOS/c1-13(12-19-9-10-20-2)11-14-7-8-17(21-14)15-5-3-4-6-16(15)18/h3-8,11,19H,9-10,12H2,1-2H3. The first kappa shape index (κ1) is 15.9. The van der Waals surface area contributed by atoms with E-state index in [1.165, 1.54) is 11.6 Å². The fourth-order valence-corrected chi connectivity index (χ4v) is 3.05. The molecule has 0 radical (unpaired) electrons. The molecule has 0 aliphatic heterocycles. The van der Waals surface area contributed by atoms with Gasteiger partial charge in [-0.05, 0) is 31.2 Å². The van der Waals surface area contributed by atoms with Crippen molar-refractivity contribution in [3.8, 4) is 10.4 Å². The molecule has 1 heterocycles. The molecular weight excluding hydrogens is 285 g/mol. The Hall–Kier alpha value is -1.49. The summed E-state index contributed by atoms with van der Waals surface area (Å²) in [6.45, 7) is 4.47. The van der Waals surface area contributed by atoms with E-state index in [0.717, 1.165) is 22.8 Å². The molecule has 0 saturated heterocycles. The maximum absolute atomic E-state index is 13.8. The molecule has 1 aromatic heterocycles. The normalized spacial score (nSPS) is 11.9. The molecule has 2 nitrogen and oxygen atoms in total. The summed E-state index contributed by atoms with van der Waals surface area (Å²) < 4.78 is 18.7. The number of nitrogens with one attached hydrogen (secondary N) is 1. The third-order valence-electron chi connectivity index (χ3n) is 3.04. The van der Waals surface area contributed by atoms with E-state index in [-0.39, 0.29) is 5.82 Å². The van der Waals surface area contributed by atoms with E-state index in [2.05, 4.69) is 18.3 Å². The number of halogens is 1. The van der Waals surface area contributed by atoms with Gasteiger partial charge in [0.05, 0.1) is 6.61 Å². The van der Waals surface area contributed by atoms with Crippen LogP contribution in [0.15, 0.2) is 42.0 Å². The number of benzene rings is 1. The first-order chi connectivity index (χ1) is 10.2. The fourth-order valence-electron chi connectivity index (χ4n) is 1.99. The Morgan fingerprint density at radius 2 is 2.10 bits per heavy atom. The summed E-state index contributed by atoms with van der Waals surface area (Å²) in [4.78, 5) is 2.10. The van der Waals surface area contributed by atoms with Crippen molar-refractivity contribution in [1.29, 1.82) is 0 Å². The van der Waals surface area contributed by atoms with Crippen molar-refractivity contribution in [3.05, 3.63) is 52.7 Å². The van der Waals surface area contributed by atoms with E-state index in [1.54, 1.807) is 24.5 Å². The average molecular weight is 305 g/mol. The molecule has 2 aromatic rings. The van der Waals surface area contributed by atoms with Crippen molar-refractivity contribution in [2.24, 2.45) is 0 Å². The van der Waals surface area contributed by atoms with Gasteiger partial charge in [-0.25, -0.2) is 4.39 Å². The van der Waals surface area contributed by atoms with Gasteiger partial charge in [-0.2, -0.15) is 0 Å². The zero-order chi connectivity index (χ0) is 15.1. The summed E-state index contributed by atoms with van der Waals surface area (Å²) in [6.07, 6.45) is 2.13. The molecule has 0 atom stereocenters. The second-order valence-corrected chi connectivity index (χ2v) is 5.96. The van der Waals surface area contributed by atoms with E-state index in [9.17, 15) is 4.39 Å². The number of thiophene rings is 1. The molecule has 21 heavy (non-hydrogen) atoms. The van der Waals surface area contributed by atoms with Crippen LogP contribution in [0, 0.1) is 5.82 Å². The van der Waals surface area contributed by atoms with Crippen LogP contribution >= 0.6 is 11.3 Å². The van der Waals surface area contributed by atoms with E-state index in [4.69, 9.17) is 4.74 Å². The van der Waals surface area contributed by atoms with Gasteiger partial charge < -0.3 is 10.1 Å². The lowest BCUT2D eigenvalue weighted by Crippen LogP contribution is -2.20. The van der Waals surface area contributed by atoms with Crippen molar-refractivity contribution in [1.82, 2.24) is 5.32 Å². The minimum Gasteiger partial charge on any atom is -0.383 e. The molecule has 0 fully saturated rings. The van der Waals surface area contributed by atoms with Gasteiger partial charge in [0, 0.05) is 35.5 Å². The van der Waals surface area contributed by atoms with Gasteiger partial charge in [0.15, 0.2) is 0 Å². The molecule has 0 amide bonds. The minimum absolute atomic E-state index is 0.173. The van der Waals surface area contributed by atoms with Crippen LogP contribution in [-0.4, -0.2) is 26.8 Å². The monoisotopic (exact) mass is 305 g/mol. The van der Waals surface area contributed by atoms with Crippen LogP contribution in [0.2, 0.25) is 0 Å². The van der Waals surface area contributed by atoms with Crippen LogP contribution in [-0.2, 0) is 4.74 Å². The number of rotatable bonds is 7. The molecule has 0 saturated carbocycles. The average Bonchev–Trinajstić information content (AvgIpc) is 2.92. The predicted molar refractivity (Wildman–Crippen MR) is 88.1 cm³/mol. The number of methoxy groups -OCH3 is 1. The minimum atomic E-state index is -0.173. The molecule has 0 aliphatic rings. The number of hydrogen-bond donors (Lipinski definition) is 1. The highest BCUT2D eigenvalue weighted by molar-refractivity contribution is 7.16. The van der Waals surface area contributed by atoms with E-state index in [0.29, 0.717) is 12.2 Å². The maximum atomic E-state index is 13.8. The Labute approximate surface area is 129 Å². The number of ether oxygens (including phenoxy) is 1. The van der Waals surface area contributed by atoms with Gasteiger partial charge in [0.25, 0.3) is 0 Å². The lowest BCUT2D eigenvalue weighted by atomic mass is 10.2. The molecule has 0 spiro atoms. The fraction of sp³-hybridized carbons (Fsp3) is 0.294. The van der Waals surface area contributed by atoms with Gasteiger partial charge in [0.1, 0.15) is 5.82 Å². The SMILES string of the molecule is COCCNCC(C)=Cc1ccc(-c2ccccc2F)s1. The summed E-state index contributed by atoms with van der Waals surface area (Å²) in [6, 6.07) is 10.9. The smallest absolute Gasteiger partial charge is 0.131 e. The quantitative estimate of drug-likeness (QED) is 0.774. The van der Waals surface area contributed by atoms with Crippen molar-refractivity contribution in [3.63, 3.8) is 0 Å². The maximum Gasteiger partial charge on any atom is 0.131 e. The molecule has 1 N–H and O–H groups in total. The van der Waals surface area contributed by atoms with E-state index < -0.39 is 0 Å². The van der Waals surface area contributed by atoms with Crippen molar-refractivity contribution < 1.29 is 9.13 Å². The van der Waals surface area contributed by atoms with Gasteiger partial charge in [-0.1, -0.05) is 23.8 Å². The van der Waals surface area contributed by atoms with Crippen molar-refractivity contribution >= 4 is 17.4 Å². The first-order valence-corrected chi connectivity index (χ1v) is 7.74. The van der Waals surface area contributed by atoms with Gasteiger partial charge in [0.2, 0.25) is 0 Å². The van der Waals surface area contributed by atoms with Crippen LogP contribution in [0.25, 0.3) is 16.5 Å². The lowest BCUT2D eigenvalue weighted by Gasteiger charge is -2.03. The molecule has 0 aliphatic carbocycles. The molecule has 1 aromatic carbocycles. The van der Waals surface area contributed by atoms with Crippen molar-refractivity contribution in [2.45, 2.75) is 6.92 Å². The molecular formula is C17H20FNOS. The molecule has 112 valence electrons. The first-order valence-electron chi connectivity index (χ1n) is 6.92. The summed E-state index contributed by atoms with van der Waals surface area (Å²) >= 11 is 1.60. The zero-order valence-electron chi connectivity index (χ0n) is 12.4. The van der Waals surface area contributed by atoms with Gasteiger partial charge in [-0.15, -0.1) is 11.3 Å². The van der Waals surface area contributed by atoms with Crippen molar-refractivity contribution in [2.75, 3.05) is 26.8 Å². The summed E-state index contributed by atoms with van der Waals surface area (Å²) in [7, 11) is 1.69. The second kappa shape index (κ2) is 8.08. The van der Waals surface area contributed by atoms with Crippen LogP contribution < -0.4 is 5.32 Å². The second-order valence-electron chi connectivity index (χ2n) is 4.84. The lowest BCUT2D eigenvalue weighted by molar-refractivity contribution is 0.200. The highest BCUT2D eigenvalue weighted by Crippen LogP contribution is 2.30. The Balaban J connectivity index is 2.01. The Morgan fingerprint density at radius 3 is 2.86 bits per heavy atom. The highest BCUT2D eigenvalue weighted by atomic mass is 32.1. The molecule has 0 bridgehead atoms. The van der Waals surface area contributed by atoms with E-state index >= 15 is 0 Å². The van der Waals surface area contributed by atoms with Gasteiger partial charge >= 0.3 is 0 Å². The Kier molecular flexibility index (Phi) is 6.11. The highest BCUT2D eigenvalue weighted by Gasteiger charge is 2.06. The third kappa shape index (κ3) is 4.77. The summed E-state index contributed by atoms with van der Waals surface area (Å²) in [5.41, 5.74) is 1.91. The Bertz CT molecular complexity index is 606. The van der Waals surface area contributed by atoms with Crippen LogP contribution in [0.4, 0.5) is 4.39 Å². The topological polar surface area (TPSA) is 21.3 Å². The molecule has 2 rings (SSSR count). The third-order valence-corrected chi connectivity index (χ3v) is 4.11. The van der Waals surface area contributed by atoms with Crippen LogP contribution in [0.5, 0.6) is 0 Å². The predicted octanol–water partition coefficient (Wildman–Crippen LogP) is 4.19. The molecule has 0 unspecified atom stereocenters. The largest absolute Gasteiger partial charge is 0.383 e. The molecule has 4 heteroatoms. The van der Waals surface area contributed by atoms with Crippen LogP contribution in [0.3, 0.4) is 0 Å². The number of hydrogen-bond acceptors (Lipinski definition) is 3. The van der Waals surface area contributed by atoms with E-state index in [1.807, 2.05) is 24.3 Å².